The van der Waals surface area contributed by atoms with Gasteiger partial charge in [0.2, 0.25) is 22.4 Å². The Labute approximate surface area is 720 Å². The van der Waals surface area contributed by atoms with E-state index in [1.54, 1.807) is 29.6 Å². The van der Waals surface area contributed by atoms with Crippen molar-refractivity contribution in [2.45, 2.75) is 223 Å². The summed E-state index contributed by atoms with van der Waals surface area (Å²) in [5.74, 6) is -0.968. The molecule has 117 heavy (non-hydrogen) atoms. The Kier molecular flexibility index (Phi) is 56.0. The van der Waals surface area contributed by atoms with Gasteiger partial charge >= 0.3 is 0 Å². The highest BCUT2D eigenvalue weighted by atomic mass is 32.2. The second-order valence-corrected chi connectivity index (χ2v) is 32.2. The molecule has 0 amide bonds. The van der Waals surface area contributed by atoms with E-state index in [1.807, 2.05) is 232 Å². The highest BCUT2D eigenvalue weighted by Gasteiger charge is 2.44. The summed E-state index contributed by atoms with van der Waals surface area (Å²) in [6.45, 7) is 54.9. The van der Waals surface area contributed by atoms with Crippen LogP contribution in [0.3, 0.4) is 0 Å². The van der Waals surface area contributed by atoms with Gasteiger partial charge in [0.1, 0.15) is 35.0 Å². The van der Waals surface area contributed by atoms with E-state index in [-0.39, 0.29) is 59.7 Å². The summed E-state index contributed by atoms with van der Waals surface area (Å²) in [4.78, 5) is 30.1. The first-order valence-electron chi connectivity index (χ1n) is 40.4. The number of aryl methyl sites for hydroxylation is 2. The molecule has 642 valence electrons. The van der Waals surface area contributed by atoms with Crippen LogP contribution in [0.25, 0.3) is 48.9 Å². The monoisotopic (exact) mass is 1690 g/mol. The van der Waals surface area contributed by atoms with Crippen LogP contribution >= 0.6 is 34.0 Å². The van der Waals surface area contributed by atoms with E-state index >= 15 is 0 Å². The van der Waals surface area contributed by atoms with Gasteiger partial charge in [-0.2, -0.15) is 18.3 Å². The molecule has 0 aliphatic carbocycles. The molecule has 14 nitrogen and oxygen atoms in total. The number of aromatic nitrogens is 3. The molecule has 0 N–H and O–H groups in total. The van der Waals surface area contributed by atoms with Gasteiger partial charge in [0.25, 0.3) is 10.0 Å². The predicted molar refractivity (Wildman–Crippen MR) is 514 cm³/mol. The van der Waals surface area contributed by atoms with Crippen LogP contribution in [0.2, 0.25) is 0 Å². The molecular weight excluding hydrogens is 1550 g/mol. The molecular formula is C98H142N6O8S5. The first-order valence-corrected chi connectivity index (χ1v) is 46.1. The van der Waals surface area contributed by atoms with E-state index in [0.29, 0.717) is 25.9 Å². The number of allylic oxidation sites excluding steroid dienone is 11. The Bertz CT molecular complexity index is 4980. The van der Waals surface area contributed by atoms with Gasteiger partial charge in [0.05, 0.1) is 58.3 Å². The van der Waals surface area contributed by atoms with Crippen molar-refractivity contribution < 1.29 is 53.8 Å². The highest BCUT2D eigenvalue weighted by Crippen LogP contribution is 2.42. The quantitative estimate of drug-likeness (QED) is 0.0226. The first-order chi connectivity index (χ1) is 54.8. The van der Waals surface area contributed by atoms with Gasteiger partial charge < -0.3 is 24.0 Å². The average Bonchev–Trinajstić information content (AvgIpc) is 1.54. The van der Waals surface area contributed by atoms with Gasteiger partial charge in [-0.05, 0) is 138 Å². The third-order valence-corrected chi connectivity index (χ3v) is 22.3. The topological polar surface area (TPSA) is 188 Å². The van der Waals surface area contributed by atoms with Crippen LogP contribution in [0.5, 0.6) is 0 Å². The zero-order valence-corrected chi connectivity index (χ0v) is 80.7. The van der Waals surface area contributed by atoms with Crippen LogP contribution < -0.4 is 9.13 Å². The Balaban J connectivity index is -0.00000128. The fourth-order valence-corrected chi connectivity index (χ4v) is 16.6. The van der Waals surface area contributed by atoms with E-state index in [0.717, 1.165) is 48.5 Å². The summed E-state index contributed by atoms with van der Waals surface area (Å²) in [7, 11) is -4.04. The average molecular weight is 1690 g/mol. The van der Waals surface area contributed by atoms with E-state index in [1.165, 1.54) is 67.9 Å². The number of rotatable bonds is 16. The molecule has 0 saturated heterocycles. The number of Topliss-reactive ketones (excluding diaryl/α,β-unsaturated/α-hetero) is 2. The number of ketones is 2. The molecule has 0 radical (unpaired) electrons. The minimum Gasteiger partial charge on any atom is -0.748 e. The smallest absolute Gasteiger partial charge is 0.262 e. The summed E-state index contributed by atoms with van der Waals surface area (Å²) in [6, 6.07) is 49.8. The zero-order valence-electron chi connectivity index (χ0n) is 76.6. The van der Waals surface area contributed by atoms with Crippen LogP contribution in [-0.2, 0) is 59.7 Å². The Hall–Kier alpha value is -8.66. The number of nitrogens with zero attached hydrogens (tertiary/aromatic N) is 6. The maximum atomic E-state index is 10.8. The first kappa shape index (κ1) is 112. The zero-order chi connectivity index (χ0) is 87.9. The van der Waals surface area contributed by atoms with Gasteiger partial charge in [0.15, 0.2) is 29.5 Å². The summed E-state index contributed by atoms with van der Waals surface area (Å²) < 4.78 is 76.8. The van der Waals surface area contributed by atoms with E-state index in [4.69, 9.17) is 0 Å². The normalized spacial score (nSPS) is 13.2. The van der Waals surface area contributed by atoms with Crippen LogP contribution in [0, 0.1) is 14.9 Å². The standard InChI is InChI=1S/C16H21NO3S.C14H18N.C13H15NO3S2.C13H15N.C11H12NS.C10H9NS.C7H10O2.6C2H6.2CH3/c1-4-8-15-16(2,3)13-9-5-6-10-14(13)17(15)11-7-12-21(18,19)20;1-5-8-13-14(2,3)11-9-6-7-10-12(11)15(13)4;1-2-6-13-14(9-5-10-19(15,16)17)11-7-3-4-8-12(11)18-13;1-4-7-12-13(2,3)10-8-5-6-9-11(10)14-12;1-3-6-11-12(2)9-7-4-5-8-10(9)13-11;1-2-5-10-11-8-6-3-4-7-9(8)12-10;1-4-7(5(2)8)6(3)9;6*1-2;;/h4-6,8-10H,7,11-12H2,1-3H3;5-10H,1-4H3;2-4,6-8H,5,9-10H2,1H3;4-9H,1-3H3;3-8H,1-2H3;2-7H,1H3;4H,1-3H3;6*1-2H3;2*1H3/q;+1;;;+1;;;;;;;;;2*-1/b8-4+;8-5+;6-2+;7-4+;6-3+;5-2+;;;;;;;;;. The Morgan fingerprint density at radius 1 is 0.436 bits per heavy atom. The van der Waals surface area contributed by atoms with Crippen molar-refractivity contribution in [1.82, 2.24) is 4.98 Å². The van der Waals surface area contributed by atoms with E-state index < -0.39 is 20.2 Å². The summed E-state index contributed by atoms with van der Waals surface area (Å²) in [5, 5.41) is 3.44. The molecule has 6 aromatic carbocycles. The number of carbonyl (C=O) groups excluding carboxylic acids is 2. The Morgan fingerprint density at radius 3 is 1.28 bits per heavy atom. The Morgan fingerprint density at radius 2 is 0.829 bits per heavy atom. The third-order valence-electron chi connectivity index (χ3n) is 17.4. The summed E-state index contributed by atoms with van der Waals surface area (Å²) >= 11 is 5.20. The molecule has 3 aromatic heterocycles. The largest absolute Gasteiger partial charge is 0.748 e. The van der Waals surface area contributed by atoms with Crippen molar-refractivity contribution in [2.24, 2.45) is 12.0 Å². The van der Waals surface area contributed by atoms with Crippen LogP contribution in [0.1, 0.15) is 231 Å². The maximum absolute atomic E-state index is 10.8. The second-order valence-electron chi connectivity index (χ2n) is 26.0. The van der Waals surface area contributed by atoms with Crippen molar-refractivity contribution in [2.75, 3.05) is 25.1 Å². The predicted octanol–water partition coefficient (Wildman–Crippen LogP) is 25.9. The van der Waals surface area contributed by atoms with Crippen LogP contribution in [0.4, 0.5) is 17.1 Å². The lowest BCUT2D eigenvalue weighted by Crippen LogP contribution is -2.35. The lowest BCUT2D eigenvalue weighted by atomic mass is 9.81. The van der Waals surface area contributed by atoms with Gasteiger partial charge in [-0.3, -0.25) is 14.6 Å². The van der Waals surface area contributed by atoms with Gasteiger partial charge in [-0.25, -0.2) is 21.8 Å². The molecule has 19 heteroatoms. The molecule has 0 unspecified atom stereocenters. The SMILES string of the molecule is C/C=C/C1=Nc2ccccc2C1(C)C.C/C=C/C1=[N+](C)c2ccccc2C1(C)C.C/C=C/C1=[N+](CCCS(=O)(=O)[O-])c2ccccc2C1(C)C.C/C=C/c1nc2ccccc2s1.C/C=C/c1sc2ccccc2[n+]1C.C/C=C/c1sc2ccccc2[n+]1CCCS(=O)(=O)[O-].CC.CC.CC.CC.CC.CC.CC=C(C(C)=O)C(C)=O.[CH3-].[CH3-]. The molecule has 3 aliphatic heterocycles. The number of aliphatic imine (C=N–C) groups is 1. The minimum absolute atomic E-state index is 0. The number of hydrogen-bond donors (Lipinski definition) is 0. The van der Waals surface area contributed by atoms with Gasteiger partial charge in [0, 0.05) is 89.5 Å². The van der Waals surface area contributed by atoms with Gasteiger partial charge in [-0.15, -0.1) is 11.3 Å². The summed E-state index contributed by atoms with van der Waals surface area (Å²) in [6.07, 6.45) is 26.9. The minimum atomic E-state index is -4.16. The maximum Gasteiger partial charge on any atom is 0.262 e. The number of benzene rings is 6. The number of para-hydroxylation sites is 6. The molecule has 6 heterocycles. The van der Waals surface area contributed by atoms with Crippen molar-refractivity contribution in [3.05, 3.63) is 258 Å². The number of fused-ring (bicyclic) bond motifs is 6. The van der Waals surface area contributed by atoms with Crippen LogP contribution in [0.15, 0.2) is 217 Å². The number of thiazole rings is 3. The fraction of sp³-hybridized carbons (Fsp3) is 0.388. The van der Waals surface area contributed by atoms with Crippen molar-refractivity contribution in [3.63, 3.8) is 0 Å². The lowest BCUT2D eigenvalue weighted by Gasteiger charge is -2.19. The molecule has 0 bridgehead atoms. The summed E-state index contributed by atoms with van der Waals surface area (Å²) in [5.41, 5.74) is 15.0. The van der Waals surface area contributed by atoms with Crippen LogP contribution in [-0.4, -0.2) is 93.9 Å². The number of hydrogen-bond acceptors (Lipinski definition) is 13. The van der Waals surface area contributed by atoms with Crippen molar-refractivity contribution >= 4 is 149 Å². The molecule has 0 spiro atoms. The van der Waals surface area contributed by atoms with Crippen molar-refractivity contribution in [3.8, 4) is 0 Å². The number of carbonyl (C=O) groups is 2. The second kappa shape index (κ2) is 58.3. The molecule has 0 atom stereocenters. The molecule has 9 aromatic rings. The highest BCUT2D eigenvalue weighted by molar-refractivity contribution is 7.85. The van der Waals surface area contributed by atoms with Gasteiger partial charge in [-0.1, -0.05) is 253 Å². The molecule has 12 rings (SSSR count). The van der Waals surface area contributed by atoms with Crippen molar-refractivity contribution in [1.29, 1.82) is 0 Å². The third kappa shape index (κ3) is 33.9. The molecule has 0 fully saturated rings. The molecule has 0 saturated carbocycles. The lowest BCUT2D eigenvalue weighted by molar-refractivity contribution is -0.668. The fourth-order valence-electron chi connectivity index (χ4n) is 12.4. The van der Waals surface area contributed by atoms with E-state index in [2.05, 4.69) is 206 Å². The van der Waals surface area contributed by atoms with E-state index in [9.17, 15) is 35.5 Å². The molecule has 3 aliphatic rings.